The van der Waals surface area contributed by atoms with Gasteiger partial charge < -0.3 is 20.6 Å². The zero-order chi connectivity index (χ0) is 12.8. The number of nitrogens with one attached hydrogen (secondary N) is 2. The SMILES string of the molecule is CCC(C)N(C)CCNC(=O)C1CC(O)CN1. The summed E-state index contributed by atoms with van der Waals surface area (Å²) in [5.41, 5.74) is 0. The minimum absolute atomic E-state index is 0.000832. The van der Waals surface area contributed by atoms with Gasteiger partial charge in [-0.05, 0) is 26.8 Å². The molecule has 1 amide bonds. The van der Waals surface area contributed by atoms with Gasteiger partial charge in [-0.1, -0.05) is 6.92 Å². The Morgan fingerprint density at radius 2 is 2.35 bits per heavy atom. The van der Waals surface area contributed by atoms with Crippen molar-refractivity contribution in [3.8, 4) is 0 Å². The Hall–Kier alpha value is -0.650. The summed E-state index contributed by atoms with van der Waals surface area (Å²) in [4.78, 5) is 13.9. The molecule has 5 heteroatoms. The average molecular weight is 243 g/mol. The van der Waals surface area contributed by atoms with Gasteiger partial charge in [0.2, 0.25) is 5.91 Å². The normalized spacial score (nSPS) is 26.2. The third kappa shape index (κ3) is 4.61. The van der Waals surface area contributed by atoms with Crippen molar-refractivity contribution in [3.63, 3.8) is 0 Å². The summed E-state index contributed by atoms with van der Waals surface area (Å²) in [7, 11) is 2.07. The first-order valence-corrected chi connectivity index (χ1v) is 6.44. The number of β-amino-alcohol motifs (C(OH)–C–C–N with tert-alkyl or cyclic N) is 1. The van der Waals surface area contributed by atoms with Crippen molar-refractivity contribution in [1.82, 2.24) is 15.5 Å². The molecule has 100 valence electrons. The smallest absolute Gasteiger partial charge is 0.237 e. The fraction of sp³-hybridized carbons (Fsp3) is 0.917. The first kappa shape index (κ1) is 14.4. The number of nitrogens with zero attached hydrogens (tertiary/aromatic N) is 1. The fourth-order valence-electron chi connectivity index (χ4n) is 1.93. The van der Waals surface area contributed by atoms with Gasteiger partial charge in [0.15, 0.2) is 0 Å². The van der Waals surface area contributed by atoms with E-state index in [1.165, 1.54) is 0 Å². The molecule has 1 saturated heterocycles. The Bertz CT molecular complexity index is 248. The Morgan fingerprint density at radius 1 is 1.65 bits per heavy atom. The highest BCUT2D eigenvalue weighted by molar-refractivity contribution is 5.82. The number of rotatable bonds is 6. The summed E-state index contributed by atoms with van der Waals surface area (Å²) < 4.78 is 0. The van der Waals surface area contributed by atoms with Crippen molar-refractivity contribution < 1.29 is 9.90 Å². The molecular formula is C12H25N3O2. The van der Waals surface area contributed by atoms with Crippen LogP contribution in [0.15, 0.2) is 0 Å². The summed E-state index contributed by atoms with van der Waals surface area (Å²) in [6, 6.07) is 0.317. The summed E-state index contributed by atoms with van der Waals surface area (Å²) in [6.45, 7) is 6.37. The Labute approximate surface area is 104 Å². The standard InChI is InChI=1S/C12H25N3O2/c1-4-9(2)15(3)6-5-13-12(17)11-7-10(16)8-14-11/h9-11,14,16H,4-8H2,1-3H3,(H,13,17). The van der Waals surface area contributed by atoms with E-state index in [1.54, 1.807) is 0 Å². The number of hydrogen-bond acceptors (Lipinski definition) is 4. The van der Waals surface area contributed by atoms with Crippen LogP contribution >= 0.6 is 0 Å². The van der Waals surface area contributed by atoms with E-state index in [9.17, 15) is 9.90 Å². The quantitative estimate of drug-likeness (QED) is 0.591. The van der Waals surface area contributed by atoms with Crippen molar-refractivity contribution in [2.24, 2.45) is 0 Å². The van der Waals surface area contributed by atoms with Crippen LogP contribution < -0.4 is 10.6 Å². The maximum Gasteiger partial charge on any atom is 0.237 e. The first-order chi connectivity index (χ1) is 8.04. The van der Waals surface area contributed by atoms with Gasteiger partial charge in [0.25, 0.3) is 0 Å². The van der Waals surface area contributed by atoms with E-state index in [0.29, 0.717) is 25.6 Å². The van der Waals surface area contributed by atoms with Crippen molar-refractivity contribution in [2.75, 3.05) is 26.7 Å². The van der Waals surface area contributed by atoms with Crippen LogP contribution in [-0.2, 0) is 4.79 Å². The molecule has 0 aromatic heterocycles. The van der Waals surface area contributed by atoms with Gasteiger partial charge in [-0.15, -0.1) is 0 Å². The van der Waals surface area contributed by atoms with E-state index < -0.39 is 0 Å². The molecule has 0 spiro atoms. The Balaban J connectivity index is 2.16. The van der Waals surface area contributed by atoms with Crippen LogP contribution in [0.1, 0.15) is 26.7 Å². The van der Waals surface area contributed by atoms with Gasteiger partial charge in [0.1, 0.15) is 0 Å². The van der Waals surface area contributed by atoms with E-state index >= 15 is 0 Å². The number of carbonyl (C=O) groups excluding carboxylic acids is 1. The lowest BCUT2D eigenvalue weighted by molar-refractivity contribution is -0.123. The zero-order valence-corrected chi connectivity index (χ0v) is 11.1. The van der Waals surface area contributed by atoms with Gasteiger partial charge >= 0.3 is 0 Å². The predicted octanol–water partition coefficient (Wildman–Crippen LogP) is -0.444. The van der Waals surface area contributed by atoms with Gasteiger partial charge in [0, 0.05) is 25.7 Å². The van der Waals surface area contributed by atoms with Crippen LogP contribution in [0.25, 0.3) is 0 Å². The number of hydrogen-bond donors (Lipinski definition) is 3. The minimum Gasteiger partial charge on any atom is -0.392 e. The van der Waals surface area contributed by atoms with E-state index in [-0.39, 0.29) is 18.1 Å². The van der Waals surface area contributed by atoms with Crippen molar-refractivity contribution in [1.29, 1.82) is 0 Å². The van der Waals surface area contributed by atoms with Crippen LogP contribution in [0.3, 0.4) is 0 Å². The molecule has 17 heavy (non-hydrogen) atoms. The van der Waals surface area contributed by atoms with Crippen LogP contribution in [0.4, 0.5) is 0 Å². The second-order valence-electron chi connectivity index (χ2n) is 4.88. The molecule has 3 atom stereocenters. The van der Waals surface area contributed by atoms with Crippen molar-refractivity contribution in [3.05, 3.63) is 0 Å². The average Bonchev–Trinajstić information content (AvgIpc) is 2.74. The molecule has 0 bridgehead atoms. The van der Waals surface area contributed by atoms with Gasteiger partial charge in [-0.2, -0.15) is 0 Å². The van der Waals surface area contributed by atoms with Gasteiger partial charge in [-0.3, -0.25) is 4.79 Å². The lowest BCUT2D eigenvalue weighted by Gasteiger charge is -2.23. The Kier molecular flexibility index (Phi) is 5.88. The summed E-state index contributed by atoms with van der Waals surface area (Å²) in [5, 5.41) is 15.2. The van der Waals surface area contributed by atoms with Crippen LogP contribution in [0, 0.1) is 0 Å². The van der Waals surface area contributed by atoms with E-state index in [1.807, 2.05) is 0 Å². The van der Waals surface area contributed by atoms with E-state index in [2.05, 4.69) is 36.4 Å². The topological polar surface area (TPSA) is 64.6 Å². The molecule has 3 N–H and O–H groups in total. The van der Waals surface area contributed by atoms with Crippen LogP contribution in [0.2, 0.25) is 0 Å². The molecule has 1 heterocycles. The van der Waals surface area contributed by atoms with Crippen molar-refractivity contribution in [2.45, 2.75) is 44.9 Å². The maximum atomic E-state index is 11.7. The van der Waals surface area contributed by atoms with E-state index in [4.69, 9.17) is 0 Å². The number of carbonyl (C=O) groups is 1. The summed E-state index contributed by atoms with van der Waals surface area (Å²) in [6.07, 6.45) is 1.25. The maximum absolute atomic E-state index is 11.7. The lowest BCUT2D eigenvalue weighted by atomic mass is 10.2. The highest BCUT2D eigenvalue weighted by Crippen LogP contribution is 2.05. The van der Waals surface area contributed by atoms with Crippen LogP contribution in [0.5, 0.6) is 0 Å². The fourth-order valence-corrected chi connectivity index (χ4v) is 1.93. The molecule has 0 aromatic carbocycles. The van der Waals surface area contributed by atoms with Gasteiger partial charge in [-0.25, -0.2) is 0 Å². The lowest BCUT2D eigenvalue weighted by Crippen LogP contribution is -2.44. The Morgan fingerprint density at radius 3 is 2.88 bits per heavy atom. The molecule has 5 nitrogen and oxygen atoms in total. The largest absolute Gasteiger partial charge is 0.392 e. The van der Waals surface area contributed by atoms with Gasteiger partial charge in [0.05, 0.1) is 12.1 Å². The van der Waals surface area contributed by atoms with Crippen LogP contribution in [-0.4, -0.2) is 60.8 Å². The molecule has 0 aliphatic carbocycles. The molecule has 1 fully saturated rings. The summed E-state index contributed by atoms with van der Waals surface area (Å²) >= 11 is 0. The molecule has 1 rings (SSSR count). The molecule has 0 radical (unpaired) electrons. The monoisotopic (exact) mass is 243 g/mol. The number of amides is 1. The number of likely N-dealkylation sites (N-methyl/N-ethyl adjacent to an activating group) is 1. The third-order valence-electron chi connectivity index (χ3n) is 3.53. The second kappa shape index (κ2) is 6.93. The molecular weight excluding hydrogens is 218 g/mol. The molecule has 3 unspecified atom stereocenters. The first-order valence-electron chi connectivity index (χ1n) is 6.44. The highest BCUT2D eigenvalue weighted by Gasteiger charge is 2.27. The van der Waals surface area contributed by atoms with Crippen molar-refractivity contribution >= 4 is 5.91 Å². The van der Waals surface area contributed by atoms with E-state index in [0.717, 1.165) is 13.0 Å². The predicted molar refractivity (Wildman–Crippen MR) is 67.8 cm³/mol. The molecule has 1 aliphatic heterocycles. The number of aliphatic hydroxyl groups excluding tert-OH is 1. The molecule has 0 aromatic rings. The minimum atomic E-state index is -0.381. The number of aliphatic hydroxyl groups is 1. The third-order valence-corrected chi connectivity index (χ3v) is 3.53. The zero-order valence-electron chi connectivity index (χ0n) is 11.1. The second-order valence-corrected chi connectivity index (χ2v) is 4.88. The molecule has 0 saturated carbocycles. The summed E-state index contributed by atoms with van der Waals surface area (Å²) in [5.74, 6) is -0.000832. The molecule has 1 aliphatic rings. The highest BCUT2D eigenvalue weighted by atomic mass is 16.3.